The highest BCUT2D eigenvalue weighted by Gasteiger charge is 2.44. The molecule has 26 heavy (non-hydrogen) atoms. The Balaban J connectivity index is 1.84. The number of carbonyl (C=O) groups excluding carboxylic acids is 1. The summed E-state index contributed by atoms with van der Waals surface area (Å²) in [5.74, 6) is -0.929. The van der Waals surface area contributed by atoms with Crippen LogP contribution in [-0.4, -0.2) is 12.6 Å². The standard InChI is InChI=1S/C23H20O3/c1-16-13-20(23(25-15-26-23)19-11-7-4-8-12-19)14-21(17(16)2)22(24)18-9-5-3-6-10-18/h3-14H,15H2,1-2H3. The van der Waals surface area contributed by atoms with Crippen molar-refractivity contribution in [1.82, 2.24) is 0 Å². The second-order valence-electron chi connectivity index (χ2n) is 6.55. The zero-order valence-corrected chi connectivity index (χ0v) is 14.9. The lowest BCUT2D eigenvalue weighted by atomic mass is 9.88. The van der Waals surface area contributed by atoms with E-state index in [4.69, 9.17) is 9.47 Å². The largest absolute Gasteiger partial charge is 0.315 e. The highest BCUT2D eigenvalue weighted by atomic mass is 16.9. The van der Waals surface area contributed by atoms with Gasteiger partial charge in [0.1, 0.15) is 0 Å². The lowest BCUT2D eigenvalue weighted by Crippen LogP contribution is -2.45. The summed E-state index contributed by atoms with van der Waals surface area (Å²) >= 11 is 0. The number of ketones is 1. The van der Waals surface area contributed by atoms with Gasteiger partial charge in [-0.15, -0.1) is 0 Å². The summed E-state index contributed by atoms with van der Waals surface area (Å²) in [6.45, 7) is 4.23. The Morgan fingerprint density at radius 3 is 2.04 bits per heavy atom. The summed E-state index contributed by atoms with van der Waals surface area (Å²) in [6, 6.07) is 23.1. The molecule has 0 radical (unpaired) electrons. The Morgan fingerprint density at radius 1 is 0.846 bits per heavy atom. The van der Waals surface area contributed by atoms with Crippen LogP contribution < -0.4 is 0 Å². The van der Waals surface area contributed by atoms with Gasteiger partial charge >= 0.3 is 0 Å². The molecule has 1 heterocycles. The number of hydrogen-bond acceptors (Lipinski definition) is 3. The summed E-state index contributed by atoms with van der Waals surface area (Å²) in [4.78, 5) is 13.1. The fourth-order valence-corrected chi connectivity index (χ4v) is 3.36. The zero-order valence-electron chi connectivity index (χ0n) is 14.9. The molecule has 130 valence electrons. The van der Waals surface area contributed by atoms with E-state index in [1.165, 1.54) is 0 Å². The first kappa shape index (κ1) is 16.7. The molecule has 3 nitrogen and oxygen atoms in total. The average Bonchev–Trinajstić information content (AvgIpc) is 2.64. The topological polar surface area (TPSA) is 35.5 Å². The Bertz CT molecular complexity index is 942. The van der Waals surface area contributed by atoms with Crippen molar-refractivity contribution in [3.8, 4) is 0 Å². The van der Waals surface area contributed by atoms with Crippen LogP contribution in [0.3, 0.4) is 0 Å². The maximum atomic E-state index is 13.1. The van der Waals surface area contributed by atoms with Gasteiger partial charge in [0.15, 0.2) is 12.6 Å². The molecule has 3 heteroatoms. The fourth-order valence-electron chi connectivity index (χ4n) is 3.36. The van der Waals surface area contributed by atoms with Gasteiger partial charge in [-0.3, -0.25) is 4.79 Å². The first-order valence-corrected chi connectivity index (χ1v) is 8.67. The average molecular weight is 344 g/mol. The van der Waals surface area contributed by atoms with E-state index < -0.39 is 5.79 Å². The number of ether oxygens (including phenoxy) is 2. The van der Waals surface area contributed by atoms with Crippen LogP contribution in [0.5, 0.6) is 0 Å². The third kappa shape index (κ3) is 2.66. The Kier molecular flexibility index (Phi) is 4.19. The van der Waals surface area contributed by atoms with E-state index in [0.29, 0.717) is 11.1 Å². The third-order valence-electron chi connectivity index (χ3n) is 5.01. The normalized spacial score (nSPS) is 15.3. The van der Waals surface area contributed by atoms with E-state index in [1.807, 2.05) is 86.6 Å². The summed E-state index contributed by atoms with van der Waals surface area (Å²) in [6.07, 6.45) is 0. The molecule has 1 saturated heterocycles. The summed E-state index contributed by atoms with van der Waals surface area (Å²) in [5, 5.41) is 0. The molecule has 3 aromatic rings. The molecule has 0 unspecified atom stereocenters. The maximum Gasteiger partial charge on any atom is 0.226 e. The summed E-state index contributed by atoms with van der Waals surface area (Å²) < 4.78 is 11.8. The Morgan fingerprint density at radius 2 is 1.46 bits per heavy atom. The summed E-state index contributed by atoms with van der Waals surface area (Å²) in [7, 11) is 0. The van der Waals surface area contributed by atoms with E-state index in [-0.39, 0.29) is 12.6 Å². The van der Waals surface area contributed by atoms with Crippen molar-refractivity contribution in [2.24, 2.45) is 0 Å². The molecule has 1 aliphatic heterocycles. The molecule has 0 amide bonds. The van der Waals surface area contributed by atoms with Crippen molar-refractivity contribution in [1.29, 1.82) is 0 Å². The molecule has 0 spiro atoms. The van der Waals surface area contributed by atoms with Crippen molar-refractivity contribution in [2.75, 3.05) is 6.79 Å². The smallest absolute Gasteiger partial charge is 0.226 e. The molecular formula is C23H20O3. The van der Waals surface area contributed by atoms with Gasteiger partial charge in [0.2, 0.25) is 5.79 Å². The van der Waals surface area contributed by atoms with E-state index >= 15 is 0 Å². The van der Waals surface area contributed by atoms with Gasteiger partial charge in [-0.2, -0.15) is 0 Å². The van der Waals surface area contributed by atoms with Crippen LogP contribution in [0.4, 0.5) is 0 Å². The molecule has 0 bridgehead atoms. The molecule has 0 saturated carbocycles. The number of rotatable bonds is 4. The van der Waals surface area contributed by atoms with Gasteiger partial charge in [0.25, 0.3) is 0 Å². The molecule has 0 atom stereocenters. The van der Waals surface area contributed by atoms with Crippen LogP contribution in [0, 0.1) is 13.8 Å². The molecule has 0 aromatic heterocycles. The first-order valence-electron chi connectivity index (χ1n) is 8.67. The van der Waals surface area contributed by atoms with Gasteiger partial charge in [-0.05, 0) is 31.0 Å². The highest BCUT2D eigenvalue weighted by molar-refractivity contribution is 6.10. The number of carbonyl (C=O) groups is 1. The minimum Gasteiger partial charge on any atom is -0.315 e. The Labute approximate surface area is 153 Å². The first-order chi connectivity index (χ1) is 12.6. The monoisotopic (exact) mass is 344 g/mol. The van der Waals surface area contributed by atoms with Crippen molar-refractivity contribution in [3.63, 3.8) is 0 Å². The van der Waals surface area contributed by atoms with Gasteiger partial charge in [-0.25, -0.2) is 0 Å². The quantitative estimate of drug-likeness (QED) is 0.641. The molecule has 1 aliphatic rings. The number of aryl methyl sites for hydroxylation is 1. The van der Waals surface area contributed by atoms with Crippen LogP contribution in [0.1, 0.15) is 38.2 Å². The predicted molar refractivity (Wildman–Crippen MR) is 100 cm³/mol. The predicted octanol–water partition coefficient (Wildman–Crippen LogP) is 4.74. The van der Waals surface area contributed by atoms with Crippen LogP contribution in [0.2, 0.25) is 0 Å². The summed E-state index contributed by atoms with van der Waals surface area (Å²) in [5.41, 5.74) is 5.14. The fraction of sp³-hybridized carbons (Fsp3) is 0.174. The third-order valence-corrected chi connectivity index (χ3v) is 5.01. The molecule has 0 aliphatic carbocycles. The Hall–Kier alpha value is -2.75. The van der Waals surface area contributed by atoms with E-state index in [2.05, 4.69) is 0 Å². The second-order valence-corrected chi connectivity index (χ2v) is 6.55. The van der Waals surface area contributed by atoms with Gasteiger partial charge < -0.3 is 9.47 Å². The number of benzene rings is 3. The maximum absolute atomic E-state index is 13.1. The minimum absolute atomic E-state index is 0.00980. The molecule has 0 N–H and O–H groups in total. The van der Waals surface area contributed by atoms with Crippen LogP contribution >= 0.6 is 0 Å². The van der Waals surface area contributed by atoms with E-state index in [9.17, 15) is 4.79 Å². The lowest BCUT2D eigenvalue weighted by Gasteiger charge is -2.42. The molecular weight excluding hydrogens is 324 g/mol. The SMILES string of the molecule is Cc1cc(C2(c3ccccc3)OCO2)cc(C(=O)c2ccccc2)c1C. The van der Waals surface area contributed by atoms with Crippen molar-refractivity contribution >= 4 is 5.78 Å². The molecule has 4 rings (SSSR count). The lowest BCUT2D eigenvalue weighted by molar-refractivity contribution is -0.386. The van der Waals surface area contributed by atoms with Crippen molar-refractivity contribution < 1.29 is 14.3 Å². The second kappa shape index (κ2) is 6.52. The van der Waals surface area contributed by atoms with Crippen LogP contribution in [0.15, 0.2) is 72.8 Å². The van der Waals surface area contributed by atoms with Crippen molar-refractivity contribution in [2.45, 2.75) is 19.6 Å². The van der Waals surface area contributed by atoms with Crippen LogP contribution in [0.25, 0.3) is 0 Å². The van der Waals surface area contributed by atoms with Crippen LogP contribution in [-0.2, 0) is 15.3 Å². The van der Waals surface area contributed by atoms with Gasteiger partial charge in [0.05, 0.1) is 0 Å². The van der Waals surface area contributed by atoms with Crippen molar-refractivity contribution in [3.05, 3.63) is 106 Å². The van der Waals surface area contributed by atoms with E-state index in [0.717, 1.165) is 22.3 Å². The van der Waals surface area contributed by atoms with Gasteiger partial charge in [-0.1, -0.05) is 66.7 Å². The zero-order chi connectivity index (χ0) is 18.1. The van der Waals surface area contributed by atoms with Gasteiger partial charge in [0, 0.05) is 22.3 Å². The number of hydrogen-bond donors (Lipinski definition) is 0. The minimum atomic E-state index is -0.939. The molecule has 3 aromatic carbocycles. The van der Waals surface area contributed by atoms with E-state index in [1.54, 1.807) is 0 Å². The molecule has 1 fully saturated rings. The highest BCUT2D eigenvalue weighted by Crippen LogP contribution is 2.42.